The first kappa shape index (κ1) is 8.75. The third-order valence-electron chi connectivity index (χ3n) is 3.16. The zero-order valence-corrected chi connectivity index (χ0v) is 7.44. The van der Waals surface area contributed by atoms with Gasteiger partial charge in [0.15, 0.2) is 6.10 Å². The van der Waals surface area contributed by atoms with E-state index in [0.29, 0.717) is 18.3 Å². The Kier molecular flexibility index (Phi) is 2.12. The van der Waals surface area contributed by atoms with Gasteiger partial charge in [-0.05, 0) is 31.1 Å². The van der Waals surface area contributed by atoms with Crippen LogP contribution >= 0.6 is 0 Å². The van der Waals surface area contributed by atoms with Crippen molar-refractivity contribution >= 4 is 5.97 Å². The maximum Gasteiger partial charge on any atom is 0.332 e. The second-order valence-electron chi connectivity index (χ2n) is 4.07. The predicted octanol–water partition coefficient (Wildman–Crippen LogP) is 1.18. The molecule has 0 amide bonds. The number of hydrogen-bond donors (Lipinski definition) is 2. The smallest absolute Gasteiger partial charge is 0.332 e. The van der Waals surface area contributed by atoms with Gasteiger partial charge >= 0.3 is 5.97 Å². The molecule has 0 heterocycles. The molecule has 2 aliphatic carbocycles. The Balaban J connectivity index is 1.96. The molecule has 0 aromatic rings. The van der Waals surface area contributed by atoms with Gasteiger partial charge in [0.05, 0.1) is 0 Å². The van der Waals surface area contributed by atoms with Crippen molar-refractivity contribution in [2.75, 3.05) is 0 Å². The van der Waals surface area contributed by atoms with E-state index in [4.69, 9.17) is 5.11 Å². The van der Waals surface area contributed by atoms with E-state index in [2.05, 4.69) is 6.08 Å². The molecule has 3 nitrogen and oxygen atoms in total. The quantitative estimate of drug-likeness (QED) is 0.644. The van der Waals surface area contributed by atoms with Crippen molar-refractivity contribution in [2.24, 2.45) is 11.8 Å². The van der Waals surface area contributed by atoms with Gasteiger partial charge in [0.1, 0.15) is 0 Å². The van der Waals surface area contributed by atoms with Gasteiger partial charge in [-0.3, -0.25) is 0 Å². The van der Waals surface area contributed by atoms with Crippen LogP contribution in [0.25, 0.3) is 0 Å². The third kappa shape index (κ3) is 1.61. The van der Waals surface area contributed by atoms with Crippen molar-refractivity contribution in [1.29, 1.82) is 0 Å². The van der Waals surface area contributed by atoms with Crippen molar-refractivity contribution in [3.63, 3.8) is 0 Å². The van der Waals surface area contributed by atoms with Crippen LogP contribution in [-0.2, 0) is 4.79 Å². The van der Waals surface area contributed by atoms with Crippen LogP contribution in [0.3, 0.4) is 0 Å². The summed E-state index contributed by atoms with van der Waals surface area (Å²) in [6, 6.07) is 0. The lowest BCUT2D eigenvalue weighted by atomic mass is 9.94. The zero-order chi connectivity index (χ0) is 9.42. The molecule has 3 heteroatoms. The van der Waals surface area contributed by atoms with E-state index in [-0.39, 0.29) is 0 Å². The second-order valence-corrected chi connectivity index (χ2v) is 4.07. The summed E-state index contributed by atoms with van der Waals surface area (Å²) in [4.78, 5) is 10.4. The van der Waals surface area contributed by atoms with Gasteiger partial charge in [0, 0.05) is 6.42 Å². The standard InChI is InChI=1S/C10H14O3/c11-9(10(12)13)5-8-4-6-1-2-7(8)3-6/h4,6-7,9,11H,1-3,5H2,(H,12,13). The van der Waals surface area contributed by atoms with Crippen LogP contribution in [-0.4, -0.2) is 22.3 Å². The molecule has 0 aromatic heterocycles. The Hall–Kier alpha value is -0.830. The summed E-state index contributed by atoms with van der Waals surface area (Å²) >= 11 is 0. The number of aliphatic hydroxyl groups is 1. The lowest BCUT2D eigenvalue weighted by molar-refractivity contribution is -0.146. The van der Waals surface area contributed by atoms with Gasteiger partial charge in [0.2, 0.25) is 0 Å². The number of aliphatic hydroxyl groups excluding tert-OH is 1. The fourth-order valence-corrected chi connectivity index (χ4v) is 2.49. The fraction of sp³-hybridized carbons (Fsp3) is 0.700. The summed E-state index contributed by atoms with van der Waals surface area (Å²) in [6.45, 7) is 0. The number of rotatable bonds is 3. The van der Waals surface area contributed by atoms with Gasteiger partial charge in [-0.25, -0.2) is 4.79 Å². The van der Waals surface area contributed by atoms with Gasteiger partial charge in [0.25, 0.3) is 0 Å². The first-order chi connectivity index (χ1) is 6.16. The minimum absolute atomic E-state index is 0.330. The fourth-order valence-electron chi connectivity index (χ4n) is 2.49. The van der Waals surface area contributed by atoms with Crippen LogP contribution in [0, 0.1) is 11.8 Å². The van der Waals surface area contributed by atoms with E-state index in [0.717, 1.165) is 0 Å². The first-order valence-electron chi connectivity index (χ1n) is 4.78. The molecule has 13 heavy (non-hydrogen) atoms. The van der Waals surface area contributed by atoms with Crippen LogP contribution in [0.1, 0.15) is 25.7 Å². The third-order valence-corrected chi connectivity index (χ3v) is 3.16. The van der Waals surface area contributed by atoms with Crippen LogP contribution in [0.2, 0.25) is 0 Å². The van der Waals surface area contributed by atoms with Crippen molar-refractivity contribution in [1.82, 2.24) is 0 Å². The number of carboxylic acid groups (broad SMARTS) is 1. The highest BCUT2D eigenvalue weighted by atomic mass is 16.4. The lowest BCUT2D eigenvalue weighted by Crippen LogP contribution is -2.21. The topological polar surface area (TPSA) is 57.5 Å². The van der Waals surface area contributed by atoms with E-state index in [9.17, 15) is 9.90 Å². The van der Waals surface area contributed by atoms with Gasteiger partial charge < -0.3 is 10.2 Å². The molecule has 0 spiro atoms. The average Bonchev–Trinajstić information content (AvgIpc) is 2.64. The molecule has 72 valence electrons. The van der Waals surface area contributed by atoms with Crippen LogP contribution in [0.4, 0.5) is 0 Å². The summed E-state index contributed by atoms with van der Waals surface area (Å²) in [7, 11) is 0. The molecule has 2 bridgehead atoms. The Morgan fingerprint density at radius 2 is 2.38 bits per heavy atom. The molecule has 1 fully saturated rings. The minimum atomic E-state index is -1.20. The van der Waals surface area contributed by atoms with Crippen molar-refractivity contribution < 1.29 is 15.0 Å². The number of aliphatic carboxylic acids is 1. The second kappa shape index (κ2) is 3.14. The molecule has 2 rings (SSSR count). The highest BCUT2D eigenvalue weighted by Gasteiger charge is 2.34. The SMILES string of the molecule is O=C(O)C(O)CC1=CC2CCC1C2. The molecule has 2 N–H and O–H groups in total. The van der Waals surface area contributed by atoms with E-state index in [1.54, 1.807) is 0 Å². The van der Waals surface area contributed by atoms with Crippen LogP contribution < -0.4 is 0 Å². The number of carboxylic acids is 1. The van der Waals surface area contributed by atoms with Gasteiger partial charge in [-0.15, -0.1) is 0 Å². The van der Waals surface area contributed by atoms with E-state index in [1.165, 1.54) is 24.8 Å². The maximum atomic E-state index is 10.4. The maximum absolute atomic E-state index is 10.4. The Morgan fingerprint density at radius 3 is 2.85 bits per heavy atom. The molecule has 0 aliphatic heterocycles. The summed E-state index contributed by atoms with van der Waals surface area (Å²) in [5, 5.41) is 17.7. The number of hydrogen-bond acceptors (Lipinski definition) is 2. The largest absolute Gasteiger partial charge is 0.479 e. The Bertz CT molecular complexity index is 257. The van der Waals surface area contributed by atoms with Gasteiger partial charge in [-0.2, -0.15) is 0 Å². The number of allylic oxidation sites excluding steroid dienone is 1. The van der Waals surface area contributed by atoms with Gasteiger partial charge in [-0.1, -0.05) is 11.6 Å². The normalized spacial score (nSPS) is 33.2. The van der Waals surface area contributed by atoms with Crippen molar-refractivity contribution in [3.8, 4) is 0 Å². The molecule has 0 aromatic carbocycles. The molecule has 3 atom stereocenters. The predicted molar refractivity (Wildman–Crippen MR) is 47.2 cm³/mol. The molecule has 3 unspecified atom stereocenters. The Morgan fingerprint density at radius 1 is 1.62 bits per heavy atom. The molecular weight excluding hydrogens is 168 g/mol. The van der Waals surface area contributed by atoms with E-state index >= 15 is 0 Å². The number of fused-ring (bicyclic) bond motifs is 2. The monoisotopic (exact) mass is 182 g/mol. The lowest BCUT2D eigenvalue weighted by Gasteiger charge is -2.14. The minimum Gasteiger partial charge on any atom is -0.479 e. The first-order valence-corrected chi connectivity index (χ1v) is 4.78. The highest BCUT2D eigenvalue weighted by molar-refractivity contribution is 5.72. The molecular formula is C10H14O3. The average molecular weight is 182 g/mol. The molecule has 0 saturated heterocycles. The van der Waals surface area contributed by atoms with Crippen molar-refractivity contribution in [2.45, 2.75) is 31.8 Å². The summed E-state index contributed by atoms with van der Waals surface area (Å²) in [5.41, 5.74) is 1.17. The van der Waals surface area contributed by atoms with Crippen LogP contribution in [0.15, 0.2) is 11.6 Å². The number of carbonyl (C=O) groups is 1. The van der Waals surface area contributed by atoms with E-state index in [1.807, 2.05) is 0 Å². The van der Waals surface area contributed by atoms with E-state index < -0.39 is 12.1 Å². The molecule has 0 radical (unpaired) electrons. The Labute approximate surface area is 77.1 Å². The molecule has 1 saturated carbocycles. The van der Waals surface area contributed by atoms with Crippen molar-refractivity contribution in [3.05, 3.63) is 11.6 Å². The zero-order valence-electron chi connectivity index (χ0n) is 7.44. The summed E-state index contributed by atoms with van der Waals surface area (Å²) in [6.07, 6.45) is 4.91. The summed E-state index contributed by atoms with van der Waals surface area (Å²) in [5.74, 6) is 0.128. The molecule has 2 aliphatic rings. The van der Waals surface area contributed by atoms with Crippen LogP contribution in [0.5, 0.6) is 0 Å². The highest BCUT2D eigenvalue weighted by Crippen LogP contribution is 2.45. The summed E-state index contributed by atoms with van der Waals surface area (Å²) < 4.78 is 0.